The number of nitro groups is 1. The molecule has 0 radical (unpaired) electrons. The average molecular weight is 290 g/mol. The van der Waals surface area contributed by atoms with Crippen molar-refractivity contribution < 1.29 is 19.2 Å². The Bertz CT molecular complexity index is 731. The quantitative estimate of drug-likeness (QED) is 0.671. The zero-order valence-corrected chi connectivity index (χ0v) is 11.0. The maximum Gasteiger partial charge on any atom is 0.282 e. The summed E-state index contributed by atoms with van der Waals surface area (Å²) < 4.78 is 13.7. The third-order valence-electron chi connectivity index (χ3n) is 2.79. The third kappa shape index (κ3) is 3.14. The highest BCUT2D eigenvalue weighted by atomic mass is 19.1. The van der Waals surface area contributed by atoms with Gasteiger partial charge in [-0.15, -0.1) is 0 Å². The fraction of sp³-hybridized carbons (Fsp3) is 0.0714. The third-order valence-corrected chi connectivity index (χ3v) is 2.79. The molecule has 0 aliphatic rings. The first-order valence-electron chi connectivity index (χ1n) is 5.93. The van der Waals surface area contributed by atoms with Crippen LogP contribution in [0.5, 0.6) is 5.75 Å². The number of phenols is 1. The van der Waals surface area contributed by atoms with E-state index in [4.69, 9.17) is 0 Å². The number of hydrogen-bond donors (Lipinski definition) is 2. The van der Waals surface area contributed by atoms with Crippen LogP contribution in [0.4, 0.5) is 15.8 Å². The van der Waals surface area contributed by atoms with E-state index in [9.17, 15) is 24.4 Å². The van der Waals surface area contributed by atoms with Gasteiger partial charge in [0.05, 0.1) is 10.6 Å². The Hall–Kier alpha value is -2.96. The number of nitro benzene ring substituents is 1. The number of hydrogen-bond acceptors (Lipinski definition) is 4. The lowest BCUT2D eigenvalue weighted by atomic mass is 10.1. The van der Waals surface area contributed by atoms with Crippen molar-refractivity contribution in [3.63, 3.8) is 0 Å². The standard InChI is InChI=1S/C14H11FN2O4/c1-8-2-4-12(11(15)6-8)16-14(19)10-7-9(18)3-5-13(10)17(20)21/h2-7,18H,1H3,(H,16,19). The van der Waals surface area contributed by atoms with E-state index in [1.165, 1.54) is 12.1 Å². The number of amides is 1. The van der Waals surface area contributed by atoms with Crippen molar-refractivity contribution in [1.29, 1.82) is 0 Å². The van der Waals surface area contributed by atoms with Crippen LogP contribution in [0.2, 0.25) is 0 Å². The van der Waals surface area contributed by atoms with Crippen LogP contribution >= 0.6 is 0 Å². The molecule has 108 valence electrons. The number of phenolic OH excluding ortho intramolecular Hbond substituents is 1. The van der Waals surface area contributed by atoms with Crippen LogP contribution in [0.1, 0.15) is 15.9 Å². The first-order valence-corrected chi connectivity index (χ1v) is 5.93. The number of nitrogens with zero attached hydrogens (tertiary/aromatic N) is 1. The summed E-state index contributed by atoms with van der Waals surface area (Å²) in [7, 11) is 0. The highest BCUT2D eigenvalue weighted by Crippen LogP contribution is 2.25. The molecule has 0 aliphatic heterocycles. The lowest BCUT2D eigenvalue weighted by molar-refractivity contribution is -0.385. The van der Waals surface area contributed by atoms with Gasteiger partial charge in [0.2, 0.25) is 0 Å². The smallest absolute Gasteiger partial charge is 0.282 e. The van der Waals surface area contributed by atoms with Gasteiger partial charge < -0.3 is 10.4 Å². The number of carbonyl (C=O) groups is 1. The van der Waals surface area contributed by atoms with E-state index in [0.717, 1.165) is 18.2 Å². The summed E-state index contributed by atoms with van der Waals surface area (Å²) in [6, 6.07) is 7.25. The SMILES string of the molecule is Cc1ccc(NC(=O)c2cc(O)ccc2[N+](=O)[O-])c(F)c1. The minimum Gasteiger partial charge on any atom is -0.508 e. The van der Waals surface area contributed by atoms with E-state index in [1.54, 1.807) is 13.0 Å². The van der Waals surface area contributed by atoms with Gasteiger partial charge in [-0.3, -0.25) is 14.9 Å². The van der Waals surface area contributed by atoms with E-state index in [1.807, 2.05) is 0 Å². The Kier molecular flexibility index (Phi) is 3.84. The maximum atomic E-state index is 13.7. The average Bonchev–Trinajstić information content (AvgIpc) is 2.41. The highest BCUT2D eigenvalue weighted by Gasteiger charge is 2.21. The van der Waals surface area contributed by atoms with Gasteiger partial charge in [-0.2, -0.15) is 0 Å². The van der Waals surface area contributed by atoms with Crippen LogP contribution in [0.3, 0.4) is 0 Å². The van der Waals surface area contributed by atoms with Crippen molar-refractivity contribution in [2.75, 3.05) is 5.32 Å². The van der Waals surface area contributed by atoms with Crippen molar-refractivity contribution in [1.82, 2.24) is 0 Å². The van der Waals surface area contributed by atoms with Crippen LogP contribution in [-0.4, -0.2) is 15.9 Å². The maximum absolute atomic E-state index is 13.7. The number of nitrogens with one attached hydrogen (secondary N) is 1. The van der Waals surface area contributed by atoms with Gasteiger partial charge in [0.25, 0.3) is 11.6 Å². The van der Waals surface area contributed by atoms with E-state index < -0.39 is 22.3 Å². The van der Waals surface area contributed by atoms with Gasteiger partial charge in [-0.25, -0.2) is 4.39 Å². The molecule has 0 saturated heterocycles. The highest BCUT2D eigenvalue weighted by molar-refractivity contribution is 6.07. The second kappa shape index (κ2) is 5.58. The Morgan fingerprint density at radius 1 is 1.29 bits per heavy atom. The number of halogens is 1. The molecule has 0 atom stereocenters. The van der Waals surface area contributed by atoms with Crippen LogP contribution < -0.4 is 5.32 Å². The van der Waals surface area contributed by atoms with E-state index in [-0.39, 0.29) is 17.0 Å². The van der Waals surface area contributed by atoms with Crippen molar-refractivity contribution in [3.8, 4) is 5.75 Å². The molecule has 1 amide bonds. The number of carbonyl (C=O) groups excluding carboxylic acids is 1. The minimum absolute atomic E-state index is 0.0942. The molecule has 21 heavy (non-hydrogen) atoms. The Morgan fingerprint density at radius 2 is 2.00 bits per heavy atom. The topological polar surface area (TPSA) is 92.5 Å². The summed E-state index contributed by atoms with van der Waals surface area (Å²) in [5.74, 6) is -1.82. The summed E-state index contributed by atoms with van der Waals surface area (Å²) >= 11 is 0. The van der Waals surface area contributed by atoms with Crippen molar-refractivity contribution in [2.45, 2.75) is 6.92 Å². The summed E-state index contributed by atoms with van der Waals surface area (Å²) in [5, 5.41) is 22.5. The monoisotopic (exact) mass is 290 g/mol. The molecule has 0 unspecified atom stereocenters. The van der Waals surface area contributed by atoms with E-state index in [2.05, 4.69) is 5.32 Å². The number of aryl methyl sites for hydroxylation is 1. The molecule has 0 fully saturated rings. The predicted molar refractivity (Wildman–Crippen MR) is 73.9 cm³/mol. The van der Waals surface area contributed by atoms with Crippen LogP contribution in [0, 0.1) is 22.9 Å². The minimum atomic E-state index is -0.875. The molecule has 0 spiro atoms. The largest absolute Gasteiger partial charge is 0.508 e. The predicted octanol–water partition coefficient (Wildman–Crippen LogP) is 3.00. The molecule has 0 heterocycles. The molecular weight excluding hydrogens is 279 g/mol. The summed E-state index contributed by atoms with van der Waals surface area (Å²) in [5.41, 5.74) is -0.241. The van der Waals surface area contributed by atoms with Gasteiger partial charge in [0.1, 0.15) is 17.1 Å². The molecule has 0 bridgehead atoms. The molecule has 6 nitrogen and oxygen atoms in total. The Labute approximate surface area is 119 Å². The van der Waals surface area contributed by atoms with Crippen LogP contribution in [0.25, 0.3) is 0 Å². The van der Waals surface area contributed by atoms with E-state index in [0.29, 0.717) is 5.56 Å². The number of benzene rings is 2. The fourth-order valence-electron chi connectivity index (χ4n) is 1.78. The van der Waals surface area contributed by atoms with Gasteiger partial charge in [-0.05, 0) is 36.8 Å². The molecule has 0 saturated carbocycles. The fourth-order valence-corrected chi connectivity index (χ4v) is 1.78. The van der Waals surface area contributed by atoms with E-state index >= 15 is 0 Å². The van der Waals surface area contributed by atoms with Gasteiger partial charge in [-0.1, -0.05) is 6.07 Å². The van der Waals surface area contributed by atoms with Crippen molar-refractivity contribution >= 4 is 17.3 Å². The molecular formula is C14H11FN2O4. The van der Waals surface area contributed by atoms with Gasteiger partial charge in [0, 0.05) is 6.07 Å². The van der Waals surface area contributed by atoms with Crippen LogP contribution in [0.15, 0.2) is 36.4 Å². The van der Waals surface area contributed by atoms with Crippen LogP contribution in [-0.2, 0) is 0 Å². The second-order valence-electron chi connectivity index (χ2n) is 4.40. The molecule has 2 rings (SSSR count). The zero-order valence-electron chi connectivity index (χ0n) is 11.0. The molecule has 2 aromatic rings. The van der Waals surface area contributed by atoms with Gasteiger partial charge >= 0.3 is 0 Å². The molecule has 7 heteroatoms. The Balaban J connectivity index is 2.36. The first kappa shape index (κ1) is 14.4. The van der Waals surface area contributed by atoms with Gasteiger partial charge in [0.15, 0.2) is 0 Å². The number of rotatable bonds is 3. The molecule has 0 aliphatic carbocycles. The zero-order chi connectivity index (χ0) is 15.6. The Morgan fingerprint density at radius 3 is 2.62 bits per heavy atom. The second-order valence-corrected chi connectivity index (χ2v) is 4.40. The number of anilines is 1. The first-order chi connectivity index (χ1) is 9.88. The van der Waals surface area contributed by atoms with Crippen molar-refractivity contribution in [2.24, 2.45) is 0 Å². The summed E-state index contributed by atoms with van der Waals surface area (Å²) in [6.07, 6.45) is 0. The summed E-state index contributed by atoms with van der Waals surface area (Å²) in [6.45, 7) is 1.69. The van der Waals surface area contributed by atoms with Crippen molar-refractivity contribution in [3.05, 3.63) is 63.5 Å². The molecule has 2 aromatic carbocycles. The normalized spacial score (nSPS) is 10.2. The molecule has 2 N–H and O–H groups in total. The molecule has 0 aromatic heterocycles. The lowest BCUT2D eigenvalue weighted by Crippen LogP contribution is -2.14. The summed E-state index contributed by atoms with van der Waals surface area (Å²) in [4.78, 5) is 22.2. The lowest BCUT2D eigenvalue weighted by Gasteiger charge is -2.08. The number of aromatic hydroxyl groups is 1.